The lowest BCUT2D eigenvalue weighted by Gasteiger charge is -2.23. The molecule has 2 aromatic carbocycles. The van der Waals surface area contributed by atoms with Gasteiger partial charge in [0.1, 0.15) is 24.7 Å². The van der Waals surface area contributed by atoms with Gasteiger partial charge in [0.15, 0.2) is 16.6 Å². The molecule has 1 atom stereocenters. The lowest BCUT2D eigenvalue weighted by molar-refractivity contribution is -0.132. The van der Waals surface area contributed by atoms with E-state index in [1.54, 1.807) is 54.0 Å². The number of carbonyl (C=O) groups excluding carboxylic acids is 2. The Morgan fingerprint density at radius 1 is 1.14 bits per heavy atom. The number of thiazole rings is 1. The molecule has 180 valence electrons. The molecule has 35 heavy (non-hydrogen) atoms. The number of anilines is 1. The zero-order valence-electron chi connectivity index (χ0n) is 19.1. The number of nitrogens with zero attached hydrogens (tertiary/aromatic N) is 2. The molecule has 0 aliphatic carbocycles. The van der Waals surface area contributed by atoms with Crippen LogP contribution in [0.15, 0.2) is 59.6 Å². The number of fused-ring (bicyclic) bond motifs is 1. The van der Waals surface area contributed by atoms with Gasteiger partial charge in [-0.25, -0.2) is 4.98 Å². The van der Waals surface area contributed by atoms with Crippen LogP contribution in [0.2, 0.25) is 0 Å². The minimum atomic E-state index is -0.848. The number of hydrogen-bond donors (Lipinski definition) is 1. The van der Waals surface area contributed by atoms with E-state index < -0.39 is 17.7 Å². The lowest BCUT2D eigenvalue weighted by Crippen LogP contribution is -2.29. The molecule has 0 radical (unpaired) electrons. The third-order valence-electron chi connectivity index (χ3n) is 5.85. The highest BCUT2D eigenvalue weighted by Crippen LogP contribution is 2.44. The first-order chi connectivity index (χ1) is 17.1. The van der Waals surface area contributed by atoms with Crippen LogP contribution in [0.25, 0.3) is 5.76 Å². The molecule has 9 heteroatoms. The van der Waals surface area contributed by atoms with Crippen molar-refractivity contribution >= 4 is 33.9 Å². The van der Waals surface area contributed by atoms with Gasteiger partial charge < -0.3 is 19.3 Å². The van der Waals surface area contributed by atoms with Crippen molar-refractivity contribution in [3.8, 4) is 17.2 Å². The Labute approximate surface area is 206 Å². The molecule has 1 aromatic heterocycles. The number of ether oxygens (including phenoxy) is 3. The minimum absolute atomic E-state index is 0.0125. The van der Waals surface area contributed by atoms with Gasteiger partial charge in [-0.1, -0.05) is 25.5 Å². The fourth-order valence-electron chi connectivity index (χ4n) is 4.11. The van der Waals surface area contributed by atoms with Gasteiger partial charge in [0, 0.05) is 17.1 Å². The van der Waals surface area contributed by atoms with Crippen molar-refractivity contribution in [2.75, 3.05) is 24.7 Å². The zero-order chi connectivity index (χ0) is 24.4. The SMILES string of the molecule is CCCCOc1ccc(C2/C(=C(\O)c3ccc4c(c3)OCCO4)C(=O)C(=O)N2c2nccs2)cc1. The maximum absolute atomic E-state index is 13.2. The van der Waals surface area contributed by atoms with Crippen LogP contribution in [0, 0.1) is 0 Å². The monoisotopic (exact) mass is 492 g/mol. The van der Waals surface area contributed by atoms with E-state index in [0.717, 1.165) is 12.8 Å². The van der Waals surface area contributed by atoms with E-state index in [1.165, 1.54) is 16.2 Å². The van der Waals surface area contributed by atoms with Crippen LogP contribution in [0.5, 0.6) is 17.2 Å². The number of aliphatic hydroxyl groups excluding tert-OH is 1. The molecule has 3 aromatic rings. The van der Waals surface area contributed by atoms with E-state index in [1.807, 2.05) is 0 Å². The molecule has 1 saturated heterocycles. The molecule has 8 nitrogen and oxygen atoms in total. The third kappa shape index (κ3) is 4.35. The molecule has 0 bridgehead atoms. The summed E-state index contributed by atoms with van der Waals surface area (Å²) < 4.78 is 16.9. The Hall–Kier alpha value is -3.85. The maximum atomic E-state index is 13.2. The van der Waals surface area contributed by atoms with Crippen molar-refractivity contribution in [1.29, 1.82) is 0 Å². The van der Waals surface area contributed by atoms with Crippen LogP contribution in [0.1, 0.15) is 36.9 Å². The summed E-state index contributed by atoms with van der Waals surface area (Å²) in [6, 6.07) is 11.3. The summed E-state index contributed by atoms with van der Waals surface area (Å²) in [6.07, 6.45) is 3.55. The van der Waals surface area contributed by atoms with E-state index in [0.29, 0.717) is 53.3 Å². The maximum Gasteiger partial charge on any atom is 0.301 e. The molecule has 0 saturated carbocycles. The topological polar surface area (TPSA) is 98.2 Å². The number of rotatable bonds is 7. The van der Waals surface area contributed by atoms with E-state index in [-0.39, 0.29) is 11.3 Å². The Morgan fingerprint density at radius 2 is 1.91 bits per heavy atom. The normalized spacial score (nSPS) is 18.7. The molecule has 0 spiro atoms. The molecular formula is C26H24N2O6S. The molecule has 1 fully saturated rings. The average Bonchev–Trinajstić information content (AvgIpc) is 3.50. The Kier molecular flexibility index (Phi) is 6.41. The second kappa shape index (κ2) is 9.79. The van der Waals surface area contributed by atoms with Crippen LogP contribution in [0.4, 0.5) is 5.13 Å². The highest BCUT2D eigenvalue weighted by Gasteiger charge is 2.48. The molecular weight excluding hydrogens is 468 g/mol. The standard InChI is InChI=1S/C26H24N2O6S/c1-2-3-11-32-18-7-4-16(5-8-18)22-21(24(30)25(31)28(22)26-27-10-14-35-26)23(29)17-6-9-19-20(15-17)34-13-12-33-19/h4-10,14-15,22,29H,2-3,11-13H2,1H3/b23-21+. The van der Waals surface area contributed by atoms with Gasteiger partial charge in [-0.15, -0.1) is 11.3 Å². The lowest BCUT2D eigenvalue weighted by atomic mass is 9.95. The number of benzene rings is 2. The number of aromatic nitrogens is 1. The molecule has 1 N–H and O–H groups in total. The first-order valence-corrected chi connectivity index (χ1v) is 12.3. The summed E-state index contributed by atoms with van der Waals surface area (Å²) in [4.78, 5) is 32.0. The van der Waals surface area contributed by atoms with Crippen molar-refractivity contribution in [3.63, 3.8) is 0 Å². The molecule has 3 heterocycles. The quantitative estimate of drug-likeness (QED) is 0.221. The van der Waals surface area contributed by atoms with E-state index >= 15 is 0 Å². The van der Waals surface area contributed by atoms with Gasteiger partial charge in [-0.3, -0.25) is 14.5 Å². The Balaban J connectivity index is 1.58. The fourth-order valence-corrected chi connectivity index (χ4v) is 4.77. The first-order valence-electron chi connectivity index (χ1n) is 11.4. The molecule has 1 amide bonds. The van der Waals surface area contributed by atoms with Crippen molar-refractivity contribution in [1.82, 2.24) is 4.98 Å². The van der Waals surface area contributed by atoms with Gasteiger partial charge in [-0.2, -0.15) is 0 Å². The second-order valence-electron chi connectivity index (χ2n) is 8.11. The summed E-state index contributed by atoms with van der Waals surface area (Å²) in [5.41, 5.74) is 0.999. The molecule has 5 rings (SSSR count). The Bertz CT molecular complexity index is 1270. The van der Waals surface area contributed by atoms with Gasteiger partial charge in [0.2, 0.25) is 0 Å². The van der Waals surface area contributed by atoms with Crippen molar-refractivity contribution < 1.29 is 28.9 Å². The summed E-state index contributed by atoms with van der Waals surface area (Å²) in [5.74, 6) is -0.0769. The van der Waals surface area contributed by atoms with Crippen molar-refractivity contribution in [2.24, 2.45) is 0 Å². The number of Topliss-reactive ketones (excluding diaryl/α,β-unsaturated/α-hetero) is 1. The fraction of sp³-hybridized carbons (Fsp3) is 0.269. The number of carbonyl (C=O) groups is 2. The van der Waals surface area contributed by atoms with Crippen molar-refractivity contribution in [3.05, 3.63) is 70.7 Å². The van der Waals surface area contributed by atoms with Crippen molar-refractivity contribution in [2.45, 2.75) is 25.8 Å². The average molecular weight is 493 g/mol. The van der Waals surface area contributed by atoms with Crippen LogP contribution < -0.4 is 19.1 Å². The van der Waals surface area contributed by atoms with Crippen LogP contribution in [-0.4, -0.2) is 41.6 Å². The van der Waals surface area contributed by atoms with E-state index in [4.69, 9.17) is 14.2 Å². The van der Waals surface area contributed by atoms with E-state index in [2.05, 4.69) is 11.9 Å². The third-order valence-corrected chi connectivity index (χ3v) is 6.62. The van der Waals surface area contributed by atoms with Crippen LogP contribution in [0.3, 0.4) is 0 Å². The van der Waals surface area contributed by atoms with Crippen LogP contribution in [-0.2, 0) is 9.59 Å². The van der Waals surface area contributed by atoms with E-state index in [9.17, 15) is 14.7 Å². The molecule has 2 aliphatic heterocycles. The van der Waals surface area contributed by atoms with Gasteiger partial charge >= 0.3 is 5.91 Å². The number of aliphatic hydroxyl groups is 1. The number of unbranched alkanes of at least 4 members (excludes halogenated alkanes) is 1. The van der Waals surface area contributed by atoms with Gasteiger partial charge in [0.25, 0.3) is 5.78 Å². The summed E-state index contributed by atoms with van der Waals surface area (Å²) >= 11 is 1.25. The predicted octanol–water partition coefficient (Wildman–Crippen LogP) is 4.72. The van der Waals surface area contributed by atoms with Gasteiger partial charge in [0.05, 0.1) is 18.2 Å². The molecule has 1 unspecified atom stereocenters. The highest BCUT2D eigenvalue weighted by atomic mass is 32.1. The second-order valence-corrected chi connectivity index (χ2v) is 8.99. The minimum Gasteiger partial charge on any atom is -0.507 e. The first kappa shape index (κ1) is 22.9. The van der Waals surface area contributed by atoms with Gasteiger partial charge in [-0.05, 0) is 42.3 Å². The largest absolute Gasteiger partial charge is 0.507 e. The molecule has 2 aliphatic rings. The number of hydrogen-bond acceptors (Lipinski definition) is 8. The van der Waals surface area contributed by atoms with Crippen LogP contribution >= 0.6 is 11.3 Å². The number of ketones is 1. The predicted molar refractivity (Wildman–Crippen MR) is 131 cm³/mol. The zero-order valence-corrected chi connectivity index (χ0v) is 19.9. The summed E-state index contributed by atoms with van der Waals surface area (Å²) in [5, 5.41) is 13.4. The smallest absolute Gasteiger partial charge is 0.301 e. The number of amides is 1. The Morgan fingerprint density at radius 3 is 2.63 bits per heavy atom. The summed E-state index contributed by atoms with van der Waals surface area (Å²) in [6.45, 7) is 3.53. The highest BCUT2D eigenvalue weighted by molar-refractivity contribution is 7.14. The summed E-state index contributed by atoms with van der Waals surface area (Å²) in [7, 11) is 0.